The maximum absolute atomic E-state index is 12.5. The first-order valence-corrected chi connectivity index (χ1v) is 11.1. The van der Waals surface area contributed by atoms with Gasteiger partial charge in [-0.25, -0.2) is 17.9 Å². The molecule has 0 atom stereocenters. The van der Waals surface area contributed by atoms with Crippen LogP contribution in [0, 0.1) is 0 Å². The van der Waals surface area contributed by atoms with Gasteiger partial charge in [0.1, 0.15) is 9.77 Å². The fourth-order valence-corrected chi connectivity index (χ4v) is 5.39. The number of esters is 1. The SMILES string of the molecule is COC(=O)c1sccc1S(=O)(=O)NCCn1nc(C2CC2)cc1C1CC1. The summed E-state index contributed by atoms with van der Waals surface area (Å²) in [6.45, 7) is 0.708. The molecule has 2 aliphatic carbocycles. The Labute approximate surface area is 156 Å². The predicted octanol–water partition coefficient (Wildman–Crippen LogP) is 2.46. The Morgan fingerprint density at radius 1 is 1.35 bits per heavy atom. The Morgan fingerprint density at radius 2 is 2.08 bits per heavy atom. The molecule has 0 saturated heterocycles. The molecule has 0 spiro atoms. The van der Waals surface area contributed by atoms with Gasteiger partial charge < -0.3 is 4.74 Å². The summed E-state index contributed by atoms with van der Waals surface area (Å²) in [5.74, 6) is 0.505. The molecule has 0 amide bonds. The molecule has 2 heterocycles. The van der Waals surface area contributed by atoms with Crippen molar-refractivity contribution < 1.29 is 17.9 Å². The van der Waals surface area contributed by atoms with E-state index in [0.717, 1.165) is 17.0 Å². The maximum Gasteiger partial charge on any atom is 0.349 e. The Balaban J connectivity index is 1.44. The first-order chi connectivity index (χ1) is 12.5. The molecule has 0 aliphatic heterocycles. The van der Waals surface area contributed by atoms with E-state index in [9.17, 15) is 13.2 Å². The third kappa shape index (κ3) is 3.56. The van der Waals surface area contributed by atoms with Crippen molar-refractivity contribution in [2.75, 3.05) is 13.7 Å². The smallest absolute Gasteiger partial charge is 0.349 e. The van der Waals surface area contributed by atoms with Crippen LogP contribution in [-0.4, -0.2) is 37.8 Å². The number of hydrogen-bond donors (Lipinski definition) is 1. The molecule has 1 N–H and O–H groups in total. The Hall–Kier alpha value is -1.71. The summed E-state index contributed by atoms with van der Waals surface area (Å²) >= 11 is 1.06. The minimum atomic E-state index is -3.77. The Morgan fingerprint density at radius 3 is 2.73 bits per heavy atom. The molecule has 9 heteroatoms. The van der Waals surface area contributed by atoms with Gasteiger partial charge in [-0.15, -0.1) is 11.3 Å². The highest BCUT2D eigenvalue weighted by atomic mass is 32.2. The van der Waals surface area contributed by atoms with Gasteiger partial charge in [-0.3, -0.25) is 4.68 Å². The summed E-state index contributed by atoms with van der Waals surface area (Å²) in [6.07, 6.45) is 4.75. The fourth-order valence-electron chi connectivity index (χ4n) is 3.03. The summed E-state index contributed by atoms with van der Waals surface area (Å²) in [7, 11) is -2.53. The molecule has 7 nitrogen and oxygen atoms in total. The topological polar surface area (TPSA) is 90.3 Å². The molecule has 0 aromatic carbocycles. The number of aromatic nitrogens is 2. The quantitative estimate of drug-likeness (QED) is 0.694. The number of carbonyl (C=O) groups excluding carboxylic acids is 1. The van der Waals surface area contributed by atoms with E-state index >= 15 is 0 Å². The van der Waals surface area contributed by atoms with Crippen LogP contribution in [0.2, 0.25) is 0 Å². The largest absolute Gasteiger partial charge is 0.465 e. The van der Waals surface area contributed by atoms with Gasteiger partial charge in [-0.05, 0) is 43.2 Å². The number of thiophene rings is 1. The zero-order chi connectivity index (χ0) is 18.3. The highest BCUT2D eigenvalue weighted by Gasteiger charge is 2.32. The lowest BCUT2D eigenvalue weighted by Crippen LogP contribution is -2.29. The lowest BCUT2D eigenvalue weighted by atomic mass is 10.2. The number of methoxy groups -OCH3 is 1. The number of ether oxygens (including phenoxy) is 1. The lowest BCUT2D eigenvalue weighted by Gasteiger charge is -2.09. The van der Waals surface area contributed by atoms with Crippen LogP contribution in [0.15, 0.2) is 22.4 Å². The van der Waals surface area contributed by atoms with Crippen molar-refractivity contribution in [3.8, 4) is 0 Å². The third-order valence-electron chi connectivity index (χ3n) is 4.73. The number of hydrogen-bond acceptors (Lipinski definition) is 6. The van der Waals surface area contributed by atoms with Crippen LogP contribution in [-0.2, 0) is 21.3 Å². The molecule has 0 unspecified atom stereocenters. The molecule has 0 radical (unpaired) electrons. The van der Waals surface area contributed by atoms with Gasteiger partial charge in [0.05, 0.1) is 19.3 Å². The van der Waals surface area contributed by atoms with Gasteiger partial charge in [-0.2, -0.15) is 5.10 Å². The van der Waals surface area contributed by atoms with Crippen LogP contribution >= 0.6 is 11.3 Å². The monoisotopic (exact) mass is 395 g/mol. The van der Waals surface area contributed by atoms with Crippen molar-refractivity contribution in [1.82, 2.24) is 14.5 Å². The first kappa shape index (κ1) is 17.7. The van der Waals surface area contributed by atoms with Crippen LogP contribution in [0.5, 0.6) is 0 Å². The van der Waals surface area contributed by atoms with Gasteiger partial charge >= 0.3 is 5.97 Å². The molecular formula is C17H21N3O4S2. The van der Waals surface area contributed by atoms with E-state index in [-0.39, 0.29) is 16.3 Å². The summed E-state index contributed by atoms with van der Waals surface area (Å²) in [5.41, 5.74) is 2.36. The van der Waals surface area contributed by atoms with Crippen LogP contribution in [0.1, 0.15) is 58.6 Å². The van der Waals surface area contributed by atoms with Crippen molar-refractivity contribution in [2.24, 2.45) is 0 Å². The molecule has 0 bridgehead atoms. The Kier molecular flexibility index (Phi) is 4.62. The Bertz CT molecular complexity index is 924. The highest BCUT2D eigenvalue weighted by molar-refractivity contribution is 7.89. The van der Waals surface area contributed by atoms with E-state index in [4.69, 9.17) is 0 Å². The minimum absolute atomic E-state index is 0.0316. The molecule has 4 rings (SSSR count). The number of nitrogens with zero attached hydrogens (tertiary/aromatic N) is 2. The average Bonchev–Trinajstić information content (AvgIpc) is 3.55. The fraction of sp³-hybridized carbons (Fsp3) is 0.529. The highest BCUT2D eigenvalue weighted by Crippen LogP contribution is 2.44. The molecule has 2 saturated carbocycles. The molecule has 2 aromatic rings. The van der Waals surface area contributed by atoms with Crippen LogP contribution < -0.4 is 4.72 Å². The lowest BCUT2D eigenvalue weighted by molar-refractivity contribution is 0.0602. The standard InChI is InChI=1S/C17H21N3O4S2/c1-24-17(21)16-15(6-9-25-16)26(22,23)18-7-8-20-14(12-4-5-12)10-13(19-20)11-2-3-11/h6,9-12,18H,2-5,7-8H2,1H3. The maximum atomic E-state index is 12.5. The second-order valence-electron chi connectivity index (χ2n) is 6.77. The van der Waals surface area contributed by atoms with Gasteiger partial charge in [0, 0.05) is 24.1 Å². The molecule has 26 heavy (non-hydrogen) atoms. The van der Waals surface area contributed by atoms with E-state index < -0.39 is 16.0 Å². The molecule has 2 aliphatic rings. The van der Waals surface area contributed by atoms with E-state index in [1.807, 2.05) is 4.68 Å². The average molecular weight is 396 g/mol. The second-order valence-corrected chi connectivity index (χ2v) is 9.42. The second kappa shape index (κ2) is 6.79. The molecular weight excluding hydrogens is 374 g/mol. The van der Waals surface area contributed by atoms with Crippen LogP contribution in [0.3, 0.4) is 0 Å². The normalized spacial score (nSPS) is 17.4. The summed E-state index contributed by atoms with van der Waals surface area (Å²) in [4.78, 5) is 11.8. The van der Waals surface area contributed by atoms with E-state index in [0.29, 0.717) is 18.4 Å². The van der Waals surface area contributed by atoms with E-state index in [1.165, 1.54) is 44.6 Å². The third-order valence-corrected chi connectivity index (χ3v) is 7.25. The molecule has 140 valence electrons. The summed E-state index contributed by atoms with van der Waals surface area (Å²) in [6, 6.07) is 3.62. The van der Waals surface area contributed by atoms with Crippen molar-refractivity contribution in [3.05, 3.63) is 33.8 Å². The summed E-state index contributed by atoms with van der Waals surface area (Å²) in [5, 5.41) is 6.26. The molecule has 2 aromatic heterocycles. The van der Waals surface area contributed by atoms with E-state index in [2.05, 4.69) is 20.6 Å². The van der Waals surface area contributed by atoms with Gasteiger partial charge in [-0.1, -0.05) is 0 Å². The number of nitrogens with one attached hydrogen (secondary N) is 1. The molecule has 2 fully saturated rings. The van der Waals surface area contributed by atoms with E-state index in [1.54, 1.807) is 5.38 Å². The summed E-state index contributed by atoms with van der Waals surface area (Å²) < 4.78 is 34.3. The number of carbonyl (C=O) groups is 1. The zero-order valence-corrected chi connectivity index (χ0v) is 16.1. The minimum Gasteiger partial charge on any atom is -0.465 e. The number of sulfonamides is 1. The zero-order valence-electron chi connectivity index (χ0n) is 14.5. The van der Waals surface area contributed by atoms with Crippen molar-refractivity contribution in [1.29, 1.82) is 0 Å². The van der Waals surface area contributed by atoms with Gasteiger partial charge in [0.15, 0.2) is 0 Å². The number of rotatable bonds is 8. The van der Waals surface area contributed by atoms with Crippen molar-refractivity contribution in [3.63, 3.8) is 0 Å². The van der Waals surface area contributed by atoms with Crippen LogP contribution in [0.25, 0.3) is 0 Å². The van der Waals surface area contributed by atoms with Crippen molar-refractivity contribution in [2.45, 2.75) is 49.0 Å². The van der Waals surface area contributed by atoms with Gasteiger partial charge in [0.25, 0.3) is 0 Å². The van der Waals surface area contributed by atoms with Crippen LogP contribution in [0.4, 0.5) is 0 Å². The predicted molar refractivity (Wildman–Crippen MR) is 97.0 cm³/mol. The first-order valence-electron chi connectivity index (χ1n) is 8.72. The van der Waals surface area contributed by atoms with Gasteiger partial charge in [0.2, 0.25) is 10.0 Å². The van der Waals surface area contributed by atoms with Crippen molar-refractivity contribution >= 4 is 27.3 Å².